The zero-order valence-electron chi connectivity index (χ0n) is 16.8. The maximum atomic E-state index is 13.0. The Morgan fingerprint density at radius 3 is 2.66 bits per heavy atom. The van der Waals surface area contributed by atoms with Gasteiger partial charge in [-0.3, -0.25) is 14.7 Å². The molecule has 3 aromatic rings. The van der Waals surface area contributed by atoms with Gasteiger partial charge >= 0.3 is 0 Å². The number of benzene rings is 1. The van der Waals surface area contributed by atoms with Crippen molar-refractivity contribution in [3.63, 3.8) is 0 Å². The van der Waals surface area contributed by atoms with Crippen LogP contribution in [0.1, 0.15) is 16.2 Å². The number of fused-ring (bicyclic) bond motifs is 1. The molecule has 1 saturated heterocycles. The number of halogens is 1. The number of carbonyl (C=O) groups excluding carboxylic acids is 1. The molecule has 0 N–H and O–H groups in total. The van der Waals surface area contributed by atoms with Crippen LogP contribution in [0.25, 0.3) is 11.0 Å². The third kappa shape index (κ3) is 4.24. The van der Waals surface area contributed by atoms with E-state index in [1.807, 2.05) is 24.3 Å². The molecular formula is C22H25FN4O2. The van der Waals surface area contributed by atoms with Gasteiger partial charge in [0.2, 0.25) is 0 Å². The molecule has 1 aromatic carbocycles. The Morgan fingerprint density at radius 2 is 1.97 bits per heavy atom. The fraction of sp³-hybridized carbons (Fsp3) is 0.364. The van der Waals surface area contributed by atoms with Crippen molar-refractivity contribution in [2.75, 3.05) is 51.7 Å². The number of amides is 1. The Hall–Kier alpha value is -2.93. The summed E-state index contributed by atoms with van der Waals surface area (Å²) in [5.74, 6) is -0.0702. The summed E-state index contributed by atoms with van der Waals surface area (Å²) in [5, 5.41) is 0.942. The molecule has 3 heterocycles. The Morgan fingerprint density at radius 1 is 1.17 bits per heavy atom. The second kappa shape index (κ2) is 8.21. The number of hydrogen-bond donors (Lipinski definition) is 0. The van der Waals surface area contributed by atoms with Gasteiger partial charge in [-0.2, -0.15) is 0 Å². The van der Waals surface area contributed by atoms with Crippen LogP contribution < -0.4 is 4.90 Å². The first-order valence-electron chi connectivity index (χ1n) is 9.83. The summed E-state index contributed by atoms with van der Waals surface area (Å²) in [6.45, 7) is 4.53. The molecule has 1 amide bonds. The van der Waals surface area contributed by atoms with Gasteiger partial charge in [0.15, 0.2) is 11.3 Å². The lowest BCUT2D eigenvalue weighted by Gasteiger charge is -2.36. The van der Waals surface area contributed by atoms with Crippen LogP contribution >= 0.6 is 0 Å². The van der Waals surface area contributed by atoms with Gasteiger partial charge in [-0.1, -0.05) is 12.1 Å². The molecule has 6 nitrogen and oxygen atoms in total. The first kappa shape index (κ1) is 19.4. The van der Waals surface area contributed by atoms with Crippen molar-refractivity contribution in [2.24, 2.45) is 0 Å². The molecule has 0 atom stereocenters. The molecule has 2 aromatic heterocycles. The molecule has 0 unspecified atom stereocenters. The lowest BCUT2D eigenvalue weighted by molar-refractivity contribution is 0.0799. The van der Waals surface area contributed by atoms with Gasteiger partial charge in [-0.15, -0.1) is 0 Å². The highest BCUT2D eigenvalue weighted by molar-refractivity contribution is 5.99. The van der Waals surface area contributed by atoms with E-state index in [1.54, 1.807) is 20.2 Å². The van der Waals surface area contributed by atoms with Gasteiger partial charge in [0.1, 0.15) is 5.82 Å². The molecule has 1 aliphatic rings. The third-order valence-corrected chi connectivity index (χ3v) is 5.33. The van der Waals surface area contributed by atoms with E-state index in [0.717, 1.165) is 61.5 Å². The fourth-order valence-electron chi connectivity index (χ4n) is 3.66. The Balaban J connectivity index is 1.41. The lowest BCUT2D eigenvalue weighted by Crippen LogP contribution is -2.47. The van der Waals surface area contributed by atoms with Crippen LogP contribution in [0.2, 0.25) is 0 Å². The molecule has 0 saturated carbocycles. The van der Waals surface area contributed by atoms with E-state index >= 15 is 0 Å². The highest BCUT2D eigenvalue weighted by Crippen LogP contribution is 2.30. The van der Waals surface area contributed by atoms with E-state index in [1.165, 1.54) is 17.2 Å². The van der Waals surface area contributed by atoms with Crippen LogP contribution in [0, 0.1) is 5.82 Å². The van der Waals surface area contributed by atoms with Crippen LogP contribution in [-0.4, -0.2) is 67.5 Å². The van der Waals surface area contributed by atoms with Crippen molar-refractivity contribution in [1.82, 2.24) is 14.8 Å². The largest absolute Gasteiger partial charge is 0.449 e. The van der Waals surface area contributed by atoms with Gasteiger partial charge in [0.05, 0.1) is 11.9 Å². The molecule has 152 valence electrons. The fourth-order valence-corrected chi connectivity index (χ4v) is 3.66. The first-order valence-corrected chi connectivity index (χ1v) is 9.83. The Bertz CT molecular complexity index is 992. The number of furan rings is 1. The van der Waals surface area contributed by atoms with Crippen LogP contribution in [0.15, 0.2) is 47.0 Å². The Labute approximate surface area is 169 Å². The number of anilines is 1. The topological polar surface area (TPSA) is 52.8 Å². The average Bonchev–Trinajstić information content (AvgIpc) is 3.17. The van der Waals surface area contributed by atoms with Crippen molar-refractivity contribution in [2.45, 2.75) is 6.42 Å². The molecule has 1 aliphatic heterocycles. The van der Waals surface area contributed by atoms with E-state index in [0.29, 0.717) is 5.76 Å². The second-order valence-corrected chi connectivity index (χ2v) is 7.55. The van der Waals surface area contributed by atoms with Crippen molar-refractivity contribution >= 4 is 22.6 Å². The maximum absolute atomic E-state index is 13.0. The van der Waals surface area contributed by atoms with Gasteiger partial charge in [0, 0.05) is 64.3 Å². The standard InChI is InChI=1S/C22H25FN4O2/c1-25(2)22(28)20-14-16-4-3-5-19(21(16)29-20)27-12-10-26(11-13-27)9-8-18-7-6-17(23)15-24-18/h3-7,14-15H,8-13H2,1-2H3. The number of pyridine rings is 1. The third-order valence-electron chi connectivity index (χ3n) is 5.33. The van der Waals surface area contributed by atoms with Crippen LogP contribution in [-0.2, 0) is 6.42 Å². The van der Waals surface area contributed by atoms with Crippen LogP contribution in [0.3, 0.4) is 0 Å². The lowest BCUT2D eigenvalue weighted by atomic mass is 10.2. The van der Waals surface area contributed by atoms with E-state index in [2.05, 4.69) is 14.8 Å². The SMILES string of the molecule is CN(C)C(=O)c1cc2cccc(N3CCN(CCc4ccc(F)cn4)CC3)c2o1. The summed E-state index contributed by atoms with van der Waals surface area (Å²) in [4.78, 5) is 22.6. The second-order valence-electron chi connectivity index (χ2n) is 7.55. The molecule has 4 rings (SSSR count). The molecule has 7 heteroatoms. The number of nitrogens with zero attached hydrogens (tertiary/aromatic N) is 4. The first-order chi connectivity index (χ1) is 14.0. The van der Waals surface area contributed by atoms with Crippen molar-refractivity contribution < 1.29 is 13.6 Å². The highest BCUT2D eigenvalue weighted by Gasteiger charge is 2.22. The monoisotopic (exact) mass is 396 g/mol. The van der Waals surface area contributed by atoms with Crippen molar-refractivity contribution in [1.29, 1.82) is 0 Å². The Kier molecular flexibility index (Phi) is 5.49. The highest BCUT2D eigenvalue weighted by atomic mass is 19.1. The summed E-state index contributed by atoms with van der Waals surface area (Å²) in [6.07, 6.45) is 2.08. The summed E-state index contributed by atoms with van der Waals surface area (Å²) in [7, 11) is 3.44. The maximum Gasteiger partial charge on any atom is 0.289 e. The van der Waals surface area contributed by atoms with E-state index in [-0.39, 0.29) is 11.7 Å². The van der Waals surface area contributed by atoms with E-state index in [9.17, 15) is 9.18 Å². The molecule has 1 fully saturated rings. The van der Waals surface area contributed by atoms with Crippen LogP contribution in [0.4, 0.5) is 10.1 Å². The van der Waals surface area contributed by atoms with Crippen molar-refractivity contribution in [3.05, 3.63) is 59.9 Å². The summed E-state index contributed by atoms with van der Waals surface area (Å²) in [5.41, 5.74) is 2.70. The minimum Gasteiger partial charge on any atom is -0.449 e. The van der Waals surface area contributed by atoms with E-state index in [4.69, 9.17) is 4.42 Å². The number of carbonyl (C=O) groups is 1. The number of para-hydroxylation sites is 1. The molecular weight excluding hydrogens is 371 g/mol. The normalized spacial score (nSPS) is 15.1. The molecule has 0 aliphatic carbocycles. The van der Waals surface area contributed by atoms with Gasteiger partial charge in [-0.25, -0.2) is 4.39 Å². The number of rotatable bonds is 5. The van der Waals surface area contributed by atoms with Crippen molar-refractivity contribution in [3.8, 4) is 0 Å². The minimum absolute atomic E-state index is 0.133. The molecule has 0 radical (unpaired) electrons. The summed E-state index contributed by atoms with van der Waals surface area (Å²) in [6, 6.07) is 11.0. The van der Waals surface area contributed by atoms with Crippen LogP contribution in [0.5, 0.6) is 0 Å². The zero-order valence-corrected chi connectivity index (χ0v) is 16.8. The predicted molar refractivity (Wildman–Crippen MR) is 111 cm³/mol. The number of hydrogen-bond acceptors (Lipinski definition) is 5. The molecule has 0 bridgehead atoms. The smallest absolute Gasteiger partial charge is 0.289 e. The zero-order chi connectivity index (χ0) is 20.4. The summed E-state index contributed by atoms with van der Waals surface area (Å²) < 4.78 is 18.9. The summed E-state index contributed by atoms with van der Waals surface area (Å²) >= 11 is 0. The van der Waals surface area contributed by atoms with Gasteiger partial charge in [-0.05, 0) is 24.3 Å². The average molecular weight is 396 g/mol. The molecule has 0 spiro atoms. The number of piperazine rings is 1. The van der Waals surface area contributed by atoms with E-state index < -0.39 is 0 Å². The number of aromatic nitrogens is 1. The van der Waals surface area contributed by atoms with Gasteiger partial charge < -0.3 is 14.2 Å². The quantitative estimate of drug-likeness (QED) is 0.664. The minimum atomic E-state index is -0.301. The van der Waals surface area contributed by atoms with Gasteiger partial charge in [0.25, 0.3) is 5.91 Å². The molecule has 29 heavy (non-hydrogen) atoms. The predicted octanol–water partition coefficient (Wildman–Crippen LogP) is 3.03.